The molecule has 1 atom stereocenters. The van der Waals surface area contributed by atoms with Crippen molar-refractivity contribution < 1.29 is 15.3 Å². The van der Waals surface area contributed by atoms with E-state index in [0.717, 1.165) is 11.1 Å². The number of hydrogen-bond acceptors (Lipinski definition) is 3. The lowest BCUT2D eigenvalue weighted by atomic mass is 9.87. The van der Waals surface area contributed by atoms with E-state index in [2.05, 4.69) is 0 Å². The Bertz CT molecular complexity index is 469. The van der Waals surface area contributed by atoms with Crippen molar-refractivity contribution in [2.24, 2.45) is 0 Å². The normalized spacial score (nSPS) is 12.6. The third kappa shape index (κ3) is 3.48. The van der Waals surface area contributed by atoms with Crippen molar-refractivity contribution >= 4 is 0 Å². The van der Waals surface area contributed by atoms with Gasteiger partial charge in [-0.1, -0.05) is 24.3 Å². The van der Waals surface area contributed by atoms with Crippen LogP contribution in [0.2, 0.25) is 0 Å². The van der Waals surface area contributed by atoms with Gasteiger partial charge in [-0.2, -0.15) is 0 Å². The van der Waals surface area contributed by atoms with E-state index >= 15 is 0 Å². The lowest BCUT2D eigenvalue weighted by molar-refractivity contribution is 0.179. The van der Waals surface area contributed by atoms with Crippen LogP contribution in [0.15, 0.2) is 48.5 Å². The Hall–Kier alpha value is -2.00. The number of rotatable bonds is 4. The van der Waals surface area contributed by atoms with E-state index in [9.17, 15) is 15.3 Å². The van der Waals surface area contributed by atoms with E-state index in [4.69, 9.17) is 0 Å². The molecule has 0 saturated heterocycles. The fraction of sp³-hybridized carbons (Fsp3) is 0.250. The minimum absolute atomic E-state index is 0.0428. The second-order valence-electron chi connectivity index (χ2n) is 4.82. The first-order valence-corrected chi connectivity index (χ1v) is 6.32. The highest BCUT2D eigenvalue weighted by molar-refractivity contribution is 5.37. The van der Waals surface area contributed by atoms with E-state index < -0.39 is 6.10 Å². The molecule has 3 nitrogen and oxygen atoms in total. The smallest absolute Gasteiger partial charge is 0.115 e. The summed E-state index contributed by atoms with van der Waals surface area (Å²) in [5.41, 5.74) is 2.06. The Kier molecular flexibility index (Phi) is 4.07. The summed E-state index contributed by atoms with van der Waals surface area (Å²) < 4.78 is 0. The van der Waals surface area contributed by atoms with Gasteiger partial charge in [0.25, 0.3) is 0 Å². The van der Waals surface area contributed by atoms with Gasteiger partial charge in [-0.25, -0.2) is 0 Å². The zero-order valence-electron chi connectivity index (χ0n) is 10.8. The first kappa shape index (κ1) is 13.4. The molecule has 0 amide bonds. The summed E-state index contributed by atoms with van der Waals surface area (Å²) in [5, 5.41) is 28.3. The average molecular weight is 258 g/mol. The summed E-state index contributed by atoms with van der Waals surface area (Å²) in [7, 11) is 0. The van der Waals surface area contributed by atoms with E-state index in [1.165, 1.54) is 0 Å². The summed E-state index contributed by atoms with van der Waals surface area (Å²) in [6.45, 7) is 1.76. The summed E-state index contributed by atoms with van der Waals surface area (Å²) in [4.78, 5) is 0. The standard InChI is InChI=1S/C16H18O3/c1-11(17)10-16(12-2-6-14(18)7-3-12)13-4-8-15(19)9-5-13/h2-9,11,16-19H,10H2,1H3. The van der Waals surface area contributed by atoms with Crippen LogP contribution in [0.3, 0.4) is 0 Å². The van der Waals surface area contributed by atoms with E-state index in [-0.39, 0.29) is 17.4 Å². The van der Waals surface area contributed by atoms with Crippen molar-refractivity contribution in [1.29, 1.82) is 0 Å². The second-order valence-corrected chi connectivity index (χ2v) is 4.82. The van der Waals surface area contributed by atoms with Gasteiger partial charge in [-0.3, -0.25) is 0 Å². The number of aliphatic hydroxyl groups excluding tert-OH is 1. The third-order valence-corrected chi connectivity index (χ3v) is 3.17. The van der Waals surface area contributed by atoms with Gasteiger partial charge in [0.1, 0.15) is 11.5 Å². The molecule has 1 unspecified atom stereocenters. The highest BCUT2D eigenvalue weighted by Crippen LogP contribution is 2.31. The zero-order valence-corrected chi connectivity index (χ0v) is 10.8. The molecular weight excluding hydrogens is 240 g/mol. The molecule has 2 aromatic rings. The van der Waals surface area contributed by atoms with Crippen molar-refractivity contribution in [3.8, 4) is 11.5 Å². The lowest BCUT2D eigenvalue weighted by Gasteiger charge is -2.19. The molecule has 0 aromatic heterocycles. The molecule has 0 aliphatic heterocycles. The van der Waals surface area contributed by atoms with Crippen LogP contribution in [-0.4, -0.2) is 21.4 Å². The van der Waals surface area contributed by atoms with Gasteiger partial charge in [0.2, 0.25) is 0 Å². The van der Waals surface area contributed by atoms with E-state index in [1.54, 1.807) is 31.2 Å². The van der Waals surface area contributed by atoms with Gasteiger partial charge in [0.15, 0.2) is 0 Å². The molecule has 0 bridgehead atoms. The number of aromatic hydroxyl groups is 2. The predicted octanol–water partition coefficient (Wildman–Crippen LogP) is 3.00. The van der Waals surface area contributed by atoms with Crippen LogP contribution >= 0.6 is 0 Å². The maximum Gasteiger partial charge on any atom is 0.115 e. The maximum absolute atomic E-state index is 9.66. The van der Waals surface area contributed by atoms with Crippen molar-refractivity contribution in [3.05, 3.63) is 59.7 Å². The van der Waals surface area contributed by atoms with Crippen LogP contribution in [-0.2, 0) is 0 Å². The molecule has 3 N–H and O–H groups in total. The molecule has 0 saturated carbocycles. The Morgan fingerprint density at radius 1 is 0.789 bits per heavy atom. The van der Waals surface area contributed by atoms with Crippen LogP contribution < -0.4 is 0 Å². The molecule has 0 aliphatic carbocycles. The molecule has 0 aliphatic rings. The van der Waals surface area contributed by atoms with Crippen molar-refractivity contribution in [2.45, 2.75) is 25.4 Å². The minimum Gasteiger partial charge on any atom is -0.508 e. The number of hydrogen-bond donors (Lipinski definition) is 3. The number of phenolic OH excluding ortho intramolecular Hbond substituents is 2. The minimum atomic E-state index is -0.424. The van der Waals surface area contributed by atoms with Crippen LogP contribution in [0.4, 0.5) is 0 Å². The molecule has 2 rings (SSSR count). The van der Waals surface area contributed by atoms with Gasteiger partial charge in [0.05, 0.1) is 6.10 Å². The van der Waals surface area contributed by atoms with Crippen LogP contribution in [0.25, 0.3) is 0 Å². The predicted molar refractivity (Wildman–Crippen MR) is 74.4 cm³/mol. The summed E-state index contributed by atoms with van der Waals surface area (Å²) >= 11 is 0. The summed E-state index contributed by atoms with van der Waals surface area (Å²) in [5.74, 6) is 0.497. The quantitative estimate of drug-likeness (QED) is 0.790. The Morgan fingerprint density at radius 3 is 1.47 bits per heavy atom. The topological polar surface area (TPSA) is 60.7 Å². The first-order valence-electron chi connectivity index (χ1n) is 6.32. The van der Waals surface area contributed by atoms with Gasteiger partial charge >= 0.3 is 0 Å². The van der Waals surface area contributed by atoms with Crippen LogP contribution in [0.5, 0.6) is 11.5 Å². The number of benzene rings is 2. The molecule has 3 heteroatoms. The maximum atomic E-state index is 9.66. The van der Waals surface area contributed by atoms with Gasteiger partial charge < -0.3 is 15.3 Å². The third-order valence-electron chi connectivity index (χ3n) is 3.17. The molecule has 0 radical (unpaired) electrons. The van der Waals surface area contributed by atoms with Crippen LogP contribution in [0, 0.1) is 0 Å². The molecule has 0 spiro atoms. The van der Waals surface area contributed by atoms with Crippen LogP contribution in [0.1, 0.15) is 30.4 Å². The molecule has 100 valence electrons. The Balaban J connectivity index is 2.35. The van der Waals surface area contributed by atoms with Crippen molar-refractivity contribution in [1.82, 2.24) is 0 Å². The molecule has 19 heavy (non-hydrogen) atoms. The molecular formula is C16H18O3. The van der Waals surface area contributed by atoms with Gasteiger partial charge in [-0.05, 0) is 48.7 Å². The van der Waals surface area contributed by atoms with E-state index in [1.807, 2.05) is 24.3 Å². The Labute approximate surface area is 112 Å². The zero-order chi connectivity index (χ0) is 13.8. The second kappa shape index (κ2) is 5.76. The lowest BCUT2D eigenvalue weighted by Crippen LogP contribution is -2.10. The van der Waals surface area contributed by atoms with Crippen molar-refractivity contribution in [2.75, 3.05) is 0 Å². The number of phenols is 2. The summed E-state index contributed by atoms with van der Waals surface area (Å²) in [6, 6.07) is 14.0. The first-order chi connectivity index (χ1) is 9.06. The van der Waals surface area contributed by atoms with Gasteiger partial charge in [-0.15, -0.1) is 0 Å². The van der Waals surface area contributed by atoms with Crippen molar-refractivity contribution in [3.63, 3.8) is 0 Å². The molecule has 0 fully saturated rings. The average Bonchev–Trinajstić information content (AvgIpc) is 2.38. The largest absolute Gasteiger partial charge is 0.508 e. The Morgan fingerprint density at radius 2 is 1.16 bits per heavy atom. The van der Waals surface area contributed by atoms with Gasteiger partial charge in [0, 0.05) is 5.92 Å². The molecule has 2 aromatic carbocycles. The highest BCUT2D eigenvalue weighted by atomic mass is 16.3. The fourth-order valence-corrected chi connectivity index (χ4v) is 2.22. The highest BCUT2D eigenvalue weighted by Gasteiger charge is 2.16. The van der Waals surface area contributed by atoms with E-state index in [0.29, 0.717) is 6.42 Å². The summed E-state index contributed by atoms with van der Waals surface area (Å²) in [6.07, 6.45) is 0.169. The molecule has 0 heterocycles. The fourth-order valence-electron chi connectivity index (χ4n) is 2.22. The number of aliphatic hydroxyl groups is 1. The SMILES string of the molecule is CC(O)CC(c1ccc(O)cc1)c1ccc(O)cc1. The monoisotopic (exact) mass is 258 g/mol.